The Labute approximate surface area is 284 Å². The van der Waals surface area contributed by atoms with Gasteiger partial charge in [-0.1, -0.05) is 17.3 Å². The van der Waals surface area contributed by atoms with Gasteiger partial charge in [0.1, 0.15) is 17.1 Å². The Morgan fingerprint density at radius 1 is 1.14 bits per heavy atom. The lowest BCUT2D eigenvalue weighted by Crippen LogP contribution is -2.71. The third-order valence-electron chi connectivity index (χ3n) is 6.91. The quantitative estimate of drug-likeness (QED) is 0.0537. The number of hydrogen-bond donors (Lipinski definition) is 3. The largest absolute Gasteiger partial charge is 0.543 e. The van der Waals surface area contributed by atoms with E-state index in [0.29, 0.717) is 5.57 Å². The zero-order valence-electron chi connectivity index (χ0n) is 25.6. The summed E-state index contributed by atoms with van der Waals surface area (Å²) in [5.74, 6) is -6.55. The molecule has 2 aromatic heterocycles. The number of esters is 2. The van der Waals surface area contributed by atoms with E-state index < -0.39 is 58.9 Å². The average molecular weight is 711 g/mol. The van der Waals surface area contributed by atoms with Crippen LogP contribution in [0.4, 0.5) is 5.13 Å². The highest BCUT2D eigenvalue weighted by atomic mass is 32.2. The third-order valence-corrected chi connectivity index (χ3v) is 8.92. The van der Waals surface area contributed by atoms with Crippen LogP contribution in [0.15, 0.2) is 70.6 Å². The van der Waals surface area contributed by atoms with Crippen molar-refractivity contribution in [2.75, 3.05) is 11.5 Å². The molecule has 0 radical (unpaired) electrons. The second-order valence-electron chi connectivity index (χ2n) is 10.4. The number of nitrogen functional groups attached to an aromatic ring is 1. The maximum atomic E-state index is 13.6. The number of thioether (sulfide) groups is 1. The maximum Gasteiger partial charge on any atom is 0.352 e. The molecule has 1 saturated heterocycles. The number of nitrogens with zero attached hydrogens (tertiary/aromatic N) is 4. The first-order valence-corrected chi connectivity index (χ1v) is 16.1. The maximum absolute atomic E-state index is 13.6. The number of thiazole rings is 1. The van der Waals surface area contributed by atoms with Crippen LogP contribution in [0, 0.1) is 0 Å². The number of β-lactam (4-membered cyclic amide) rings is 1. The minimum atomic E-state index is -1.88. The number of anilines is 1. The number of fused-ring (bicyclic) bond motifs is 1. The van der Waals surface area contributed by atoms with Gasteiger partial charge in [-0.3, -0.25) is 24.1 Å². The number of aliphatic carboxylic acids is 2. The number of carboxylic acid groups (broad SMARTS) is 2. The molecule has 0 spiro atoms. The summed E-state index contributed by atoms with van der Waals surface area (Å²) in [5, 5.41) is 29.0. The first-order valence-electron chi connectivity index (χ1n) is 14.2. The molecule has 1 aromatic carbocycles. The molecule has 1 fully saturated rings. The number of nitrogens with one attached hydrogen (secondary N) is 1. The predicted molar refractivity (Wildman–Crippen MR) is 167 cm³/mol. The van der Waals surface area contributed by atoms with Gasteiger partial charge in [-0.15, -0.1) is 23.1 Å². The topological polar surface area (TPSA) is 244 Å². The third kappa shape index (κ3) is 7.68. The zero-order valence-corrected chi connectivity index (χ0v) is 27.2. The summed E-state index contributed by atoms with van der Waals surface area (Å²) in [6, 6.07) is 7.66. The van der Waals surface area contributed by atoms with Crippen molar-refractivity contribution in [1.29, 1.82) is 0 Å². The molecule has 19 heteroatoms. The summed E-state index contributed by atoms with van der Waals surface area (Å²) in [5.41, 5.74) is 5.16. The number of hydrogen-bond acceptors (Lipinski definition) is 15. The molecule has 0 aliphatic carbocycles. The molecule has 4 heterocycles. The van der Waals surface area contributed by atoms with Crippen LogP contribution in [0.5, 0.6) is 11.5 Å². The van der Waals surface area contributed by atoms with Crippen LogP contribution >= 0.6 is 23.1 Å². The van der Waals surface area contributed by atoms with Gasteiger partial charge in [0, 0.05) is 48.2 Å². The molecule has 0 bridgehead atoms. The molecular weight excluding hydrogens is 684 g/mol. The summed E-state index contributed by atoms with van der Waals surface area (Å²) in [7, 11) is 0. The average Bonchev–Trinajstić information content (AvgIpc) is 3.47. The Kier molecular flexibility index (Phi) is 10.2. The van der Waals surface area contributed by atoms with Gasteiger partial charge in [0.25, 0.3) is 11.8 Å². The molecule has 3 atom stereocenters. The summed E-state index contributed by atoms with van der Waals surface area (Å²) in [4.78, 5) is 84.7. The molecule has 3 aromatic rings. The number of aromatic nitrogens is 2. The van der Waals surface area contributed by atoms with Crippen LogP contribution in [-0.2, 0) is 40.1 Å². The van der Waals surface area contributed by atoms with Gasteiger partial charge in [-0.2, -0.15) is 0 Å². The lowest BCUT2D eigenvalue weighted by molar-refractivity contribution is -0.689. The van der Waals surface area contributed by atoms with E-state index in [9.17, 15) is 39.0 Å². The Balaban J connectivity index is 1.39. The highest BCUT2D eigenvalue weighted by Crippen LogP contribution is 2.40. The smallest absolute Gasteiger partial charge is 0.352 e. The Morgan fingerprint density at radius 2 is 1.84 bits per heavy atom. The number of carbonyl (C=O) groups excluding carboxylic acids is 5. The van der Waals surface area contributed by atoms with Gasteiger partial charge < -0.3 is 40.4 Å². The molecule has 254 valence electrons. The first-order chi connectivity index (χ1) is 23.3. The molecule has 2 aliphatic heterocycles. The van der Waals surface area contributed by atoms with Crippen LogP contribution in [-0.4, -0.2) is 73.6 Å². The fourth-order valence-electron chi connectivity index (χ4n) is 4.88. The first kappa shape index (κ1) is 34.5. The van der Waals surface area contributed by atoms with Gasteiger partial charge in [0.2, 0.25) is 6.10 Å². The Morgan fingerprint density at radius 3 is 2.45 bits per heavy atom. The summed E-state index contributed by atoms with van der Waals surface area (Å²) >= 11 is 2.18. The molecule has 2 amide bonds. The van der Waals surface area contributed by atoms with Crippen molar-refractivity contribution in [3.63, 3.8) is 0 Å². The fraction of sp³-hybridized carbons (Fsp3) is 0.233. The molecule has 4 N–H and O–H groups in total. The molecule has 5 rings (SSSR count). The van der Waals surface area contributed by atoms with Crippen LogP contribution in [0.1, 0.15) is 31.2 Å². The lowest BCUT2D eigenvalue weighted by atomic mass is 10.0. The van der Waals surface area contributed by atoms with Crippen LogP contribution < -0.4 is 30.2 Å². The number of nitrogens with two attached hydrogens (primary N) is 1. The van der Waals surface area contributed by atoms with Crippen molar-refractivity contribution in [3.8, 4) is 11.5 Å². The second-order valence-corrected chi connectivity index (χ2v) is 12.4. The number of pyridine rings is 1. The molecule has 1 unspecified atom stereocenters. The lowest BCUT2D eigenvalue weighted by Gasteiger charge is -2.50. The van der Waals surface area contributed by atoms with Gasteiger partial charge in [0.05, 0.1) is 11.7 Å². The molecular formula is C30H26N6O11S2. The highest BCUT2D eigenvalue weighted by molar-refractivity contribution is 8.00. The van der Waals surface area contributed by atoms with Crippen molar-refractivity contribution in [1.82, 2.24) is 15.2 Å². The Hall–Kier alpha value is -5.82. The number of ether oxygens (including phenoxy) is 2. The number of rotatable bonds is 12. The fourth-order valence-corrected chi connectivity index (χ4v) is 6.76. The minimum Gasteiger partial charge on any atom is -0.543 e. The SMILES string of the molecule is CC(=O)Oc1ccc(C(ON=C(C(=O)N[C@@H]2C(=O)N3C(C(=O)[O-])=C(C[n+]4ccccc4)CS[C@H]23)c2csc(N)n2)C(=O)O)cc1OC(C)=O. The number of carboxylic acids is 2. The molecule has 0 saturated carbocycles. The second kappa shape index (κ2) is 14.5. The van der Waals surface area contributed by atoms with E-state index in [4.69, 9.17) is 20.0 Å². The van der Waals surface area contributed by atoms with E-state index in [1.165, 1.54) is 29.3 Å². The van der Waals surface area contributed by atoms with E-state index in [-0.39, 0.29) is 45.9 Å². The monoisotopic (exact) mass is 710 g/mol. The van der Waals surface area contributed by atoms with E-state index >= 15 is 0 Å². The summed E-state index contributed by atoms with van der Waals surface area (Å²) < 4.78 is 11.8. The zero-order chi connectivity index (χ0) is 35.4. The van der Waals surface area contributed by atoms with Gasteiger partial charge in [-0.05, 0) is 12.1 Å². The summed E-state index contributed by atoms with van der Waals surface area (Å²) in [6.07, 6.45) is 1.61. The standard InChI is InChI=1S/C30H26N6O11S2/c1-14(37)45-19-7-6-16(10-20(19)46-15(2)38)24(29(43)44)47-34-21(18-13-49-30(31)32-18)25(39)33-22-26(40)36-23(28(41)42)17(12-48-27(22)36)11-35-8-4-3-5-9-35/h3-10,13,22,24,27H,11-12H2,1-2H3,(H4-,31,32,33,39,41,42,43,44)/t22-,24?,27-/m1/s1. The number of oxime groups is 1. The minimum absolute atomic E-state index is 0.0404. The number of amides is 2. The van der Waals surface area contributed by atoms with Crippen molar-refractivity contribution >= 4 is 69.6 Å². The van der Waals surface area contributed by atoms with Gasteiger partial charge in [-0.25, -0.2) is 14.3 Å². The van der Waals surface area contributed by atoms with Gasteiger partial charge in [0.15, 0.2) is 41.3 Å². The van der Waals surface area contributed by atoms with Crippen molar-refractivity contribution < 1.29 is 57.9 Å². The van der Waals surface area contributed by atoms with E-state index in [1.54, 1.807) is 35.2 Å². The summed E-state index contributed by atoms with van der Waals surface area (Å²) in [6.45, 7) is 2.40. The van der Waals surface area contributed by atoms with Crippen molar-refractivity contribution in [2.24, 2.45) is 5.16 Å². The van der Waals surface area contributed by atoms with E-state index in [0.717, 1.165) is 36.2 Å². The molecule has 2 aliphatic rings. The normalized spacial score (nSPS) is 17.7. The van der Waals surface area contributed by atoms with Crippen molar-refractivity contribution in [2.45, 2.75) is 37.9 Å². The predicted octanol–water partition coefficient (Wildman–Crippen LogP) is -0.486. The van der Waals surface area contributed by atoms with Crippen LogP contribution in [0.3, 0.4) is 0 Å². The van der Waals surface area contributed by atoms with E-state index in [2.05, 4.69) is 15.5 Å². The Bertz CT molecular complexity index is 1910. The van der Waals surface area contributed by atoms with Crippen LogP contribution in [0.25, 0.3) is 0 Å². The van der Waals surface area contributed by atoms with Gasteiger partial charge >= 0.3 is 17.9 Å². The van der Waals surface area contributed by atoms with E-state index in [1.807, 2.05) is 0 Å². The number of carbonyl (C=O) groups is 6. The van der Waals surface area contributed by atoms with Crippen LogP contribution in [0.2, 0.25) is 0 Å². The van der Waals surface area contributed by atoms with Crippen molar-refractivity contribution in [3.05, 3.63) is 76.7 Å². The highest BCUT2D eigenvalue weighted by Gasteiger charge is 2.53. The number of benzene rings is 1. The molecule has 49 heavy (non-hydrogen) atoms. The molecule has 17 nitrogen and oxygen atoms in total.